The SMILES string of the molecule is CN1C(=O)C(NC(=O)c2cc(Cc3ccccc3F)[nH]n2)COc2ccccc21. The lowest BCUT2D eigenvalue weighted by atomic mass is 10.1. The Hall–Kier alpha value is -3.68. The van der Waals surface area contributed by atoms with Crippen LogP contribution in [0.4, 0.5) is 10.1 Å². The van der Waals surface area contributed by atoms with Crippen LogP contribution in [-0.4, -0.2) is 41.7 Å². The number of halogens is 1. The van der Waals surface area contributed by atoms with Crippen LogP contribution in [0.5, 0.6) is 5.75 Å². The second kappa shape index (κ2) is 7.75. The van der Waals surface area contributed by atoms with E-state index >= 15 is 0 Å². The molecule has 29 heavy (non-hydrogen) atoms. The van der Waals surface area contributed by atoms with Crippen molar-refractivity contribution in [3.05, 3.63) is 77.4 Å². The molecule has 4 rings (SSSR count). The fourth-order valence-corrected chi connectivity index (χ4v) is 3.20. The fourth-order valence-electron chi connectivity index (χ4n) is 3.20. The molecular formula is C21H19FN4O3. The first kappa shape index (κ1) is 18.7. The Morgan fingerprint density at radius 3 is 2.86 bits per heavy atom. The standard InChI is InChI=1S/C21H19FN4O3/c1-26-18-8-4-5-9-19(18)29-12-17(21(26)28)23-20(27)16-11-14(24-25-16)10-13-6-2-3-7-15(13)22/h2-9,11,17H,10,12H2,1H3,(H,23,27)(H,24,25). The highest BCUT2D eigenvalue weighted by Crippen LogP contribution is 2.29. The second-order valence-electron chi connectivity index (χ2n) is 6.75. The molecule has 0 fully saturated rings. The number of benzene rings is 2. The lowest BCUT2D eigenvalue weighted by Crippen LogP contribution is -2.49. The van der Waals surface area contributed by atoms with E-state index in [9.17, 15) is 14.0 Å². The Morgan fingerprint density at radius 2 is 2.03 bits per heavy atom. The van der Waals surface area contributed by atoms with Gasteiger partial charge in [0, 0.05) is 19.2 Å². The van der Waals surface area contributed by atoms with E-state index in [1.54, 1.807) is 43.4 Å². The summed E-state index contributed by atoms with van der Waals surface area (Å²) in [5, 5.41) is 9.40. The molecule has 1 unspecified atom stereocenters. The number of aromatic nitrogens is 2. The molecule has 0 spiro atoms. The van der Waals surface area contributed by atoms with Crippen LogP contribution in [0.25, 0.3) is 0 Å². The minimum atomic E-state index is -0.855. The van der Waals surface area contributed by atoms with E-state index in [4.69, 9.17) is 4.74 Å². The molecule has 7 nitrogen and oxygen atoms in total. The summed E-state index contributed by atoms with van der Waals surface area (Å²) < 4.78 is 19.5. The predicted molar refractivity (Wildman–Crippen MR) is 104 cm³/mol. The van der Waals surface area contributed by atoms with Crippen molar-refractivity contribution in [2.45, 2.75) is 12.5 Å². The van der Waals surface area contributed by atoms with Crippen LogP contribution in [-0.2, 0) is 11.2 Å². The number of aromatic amines is 1. The Bertz CT molecular complexity index is 1070. The average Bonchev–Trinajstić information content (AvgIpc) is 3.16. The number of anilines is 1. The van der Waals surface area contributed by atoms with Gasteiger partial charge in [-0.2, -0.15) is 5.10 Å². The Labute approximate surface area is 166 Å². The van der Waals surface area contributed by atoms with Crippen LogP contribution in [0.2, 0.25) is 0 Å². The first-order chi connectivity index (χ1) is 14.0. The van der Waals surface area contributed by atoms with Crippen molar-refractivity contribution in [3.63, 3.8) is 0 Å². The lowest BCUT2D eigenvalue weighted by molar-refractivity contribution is -0.120. The zero-order valence-electron chi connectivity index (χ0n) is 15.7. The summed E-state index contributed by atoms with van der Waals surface area (Å²) in [4.78, 5) is 26.8. The molecule has 1 aliphatic heterocycles. The van der Waals surface area contributed by atoms with Crippen molar-refractivity contribution in [2.24, 2.45) is 0 Å². The maximum Gasteiger partial charge on any atom is 0.272 e. The highest BCUT2D eigenvalue weighted by atomic mass is 19.1. The van der Waals surface area contributed by atoms with Gasteiger partial charge in [-0.25, -0.2) is 4.39 Å². The maximum absolute atomic E-state index is 13.8. The van der Waals surface area contributed by atoms with Gasteiger partial charge in [-0.3, -0.25) is 14.7 Å². The van der Waals surface area contributed by atoms with Crippen LogP contribution >= 0.6 is 0 Å². The van der Waals surface area contributed by atoms with E-state index in [0.29, 0.717) is 22.7 Å². The van der Waals surface area contributed by atoms with Crippen molar-refractivity contribution in [3.8, 4) is 5.75 Å². The monoisotopic (exact) mass is 394 g/mol. The molecule has 0 bridgehead atoms. The van der Waals surface area contributed by atoms with Crippen molar-refractivity contribution in [1.29, 1.82) is 0 Å². The van der Waals surface area contributed by atoms with Gasteiger partial charge in [0.1, 0.15) is 29.9 Å². The minimum Gasteiger partial charge on any atom is -0.489 e. The predicted octanol–water partition coefficient (Wildman–Crippen LogP) is 2.29. The number of carbonyl (C=O) groups is 2. The fraction of sp³-hybridized carbons (Fsp3) is 0.190. The van der Waals surface area contributed by atoms with Gasteiger partial charge in [-0.05, 0) is 29.8 Å². The van der Waals surface area contributed by atoms with Gasteiger partial charge in [0.05, 0.1) is 5.69 Å². The van der Waals surface area contributed by atoms with Crippen LogP contribution in [0.15, 0.2) is 54.6 Å². The zero-order valence-corrected chi connectivity index (χ0v) is 15.7. The molecule has 1 aromatic heterocycles. The first-order valence-electron chi connectivity index (χ1n) is 9.11. The maximum atomic E-state index is 13.8. The van der Waals surface area contributed by atoms with Crippen LogP contribution in [0.3, 0.4) is 0 Å². The summed E-state index contributed by atoms with van der Waals surface area (Å²) in [6, 6.07) is 14.3. The third-order valence-electron chi connectivity index (χ3n) is 4.77. The molecule has 0 saturated heterocycles. The molecule has 2 N–H and O–H groups in total. The van der Waals surface area contributed by atoms with Gasteiger partial charge in [0.2, 0.25) is 0 Å². The van der Waals surface area contributed by atoms with Crippen LogP contribution in [0.1, 0.15) is 21.7 Å². The summed E-state index contributed by atoms with van der Waals surface area (Å²) in [6.45, 7) is 0.0123. The molecule has 8 heteroatoms. The summed E-state index contributed by atoms with van der Waals surface area (Å²) in [6.07, 6.45) is 0.274. The van der Waals surface area contributed by atoms with E-state index in [-0.39, 0.29) is 30.4 Å². The quantitative estimate of drug-likeness (QED) is 0.711. The largest absolute Gasteiger partial charge is 0.489 e. The Balaban J connectivity index is 1.45. The number of amides is 2. The Kier molecular flexibility index (Phi) is 4.99. The van der Waals surface area contributed by atoms with Gasteiger partial charge < -0.3 is 15.0 Å². The molecule has 2 amide bonds. The number of H-pyrrole nitrogens is 1. The number of hydrogen-bond donors (Lipinski definition) is 2. The number of hydrogen-bond acceptors (Lipinski definition) is 4. The van der Waals surface area contributed by atoms with Crippen molar-refractivity contribution in [1.82, 2.24) is 15.5 Å². The first-order valence-corrected chi connectivity index (χ1v) is 9.11. The molecular weight excluding hydrogens is 375 g/mol. The number of fused-ring (bicyclic) bond motifs is 1. The summed E-state index contributed by atoms with van der Waals surface area (Å²) in [5.41, 5.74) is 1.85. The molecule has 0 saturated carbocycles. The highest BCUT2D eigenvalue weighted by Gasteiger charge is 2.31. The van der Waals surface area contributed by atoms with E-state index in [1.807, 2.05) is 12.1 Å². The van der Waals surface area contributed by atoms with Crippen LogP contribution < -0.4 is 15.0 Å². The van der Waals surface area contributed by atoms with Crippen molar-refractivity contribution >= 4 is 17.5 Å². The van der Waals surface area contributed by atoms with E-state index in [0.717, 1.165) is 0 Å². The smallest absolute Gasteiger partial charge is 0.272 e. The summed E-state index contributed by atoms with van der Waals surface area (Å²) in [5.74, 6) is -0.545. The molecule has 1 atom stereocenters. The molecule has 2 heterocycles. The summed E-state index contributed by atoms with van der Waals surface area (Å²) in [7, 11) is 1.63. The lowest BCUT2D eigenvalue weighted by Gasteiger charge is -2.19. The molecule has 3 aromatic rings. The molecule has 148 valence electrons. The van der Waals surface area contributed by atoms with Crippen LogP contribution in [0, 0.1) is 5.82 Å². The number of carbonyl (C=O) groups excluding carboxylic acids is 2. The second-order valence-corrected chi connectivity index (χ2v) is 6.75. The molecule has 0 aliphatic carbocycles. The number of ether oxygens (including phenoxy) is 1. The molecule has 2 aromatic carbocycles. The zero-order chi connectivity index (χ0) is 20.4. The third kappa shape index (κ3) is 3.82. The van der Waals surface area contributed by atoms with E-state index in [1.165, 1.54) is 11.0 Å². The van der Waals surface area contributed by atoms with Gasteiger partial charge in [-0.15, -0.1) is 0 Å². The normalized spacial score (nSPS) is 16.0. The number of nitrogens with one attached hydrogen (secondary N) is 2. The topological polar surface area (TPSA) is 87.3 Å². The van der Waals surface area contributed by atoms with Gasteiger partial charge in [0.25, 0.3) is 11.8 Å². The average molecular weight is 394 g/mol. The van der Waals surface area contributed by atoms with Gasteiger partial charge in [-0.1, -0.05) is 30.3 Å². The van der Waals surface area contributed by atoms with E-state index in [2.05, 4.69) is 15.5 Å². The Morgan fingerprint density at radius 1 is 1.28 bits per heavy atom. The van der Waals surface area contributed by atoms with Crippen molar-refractivity contribution in [2.75, 3.05) is 18.6 Å². The number of nitrogens with zero attached hydrogens (tertiary/aromatic N) is 2. The number of para-hydroxylation sites is 2. The minimum absolute atomic E-state index is 0.0123. The number of likely N-dealkylation sites (N-methyl/N-ethyl adjacent to an activating group) is 1. The molecule has 0 radical (unpaired) electrons. The van der Waals surface area contributed by atoms with Crippen molar-refractivity contribution < 1.29 is 18.7 Å². The van der Waals surface area contributed by atoms with E-state index < -0.39 is 11.9 Å². The molecule has 1 aliphatic rings. The third-order valence-corrected chi connectivity index (χ3v) is 4.77. The number of rotatable bonds is 4. The van der Waals surface area contributed by atoms with Gasteiger partial charge >= 0.3 is 0 Å². The summed E-state index contributed by atoms with van der Waals surface area (Å²) >= 11 is 0. The van der Waals surface area contributed by atoms with Gasteiger partial charge in [0.15, 0.2) is 0 Å². The highest BCUT2D eigenvalue weighted by molar-refractivity contribution is 6.02.